The molecular weight excluding hydrogens is 421 g/mol. The van der Waals surface area contributed by atoms with Crippen molar-refractivity contribution in [3.63, 3.8) is 0 Å². The number of nitrogens with zero attached hydrogens (tertiary/aromatic N) is 4. The normalized spacial score (nSPS) is 22.7. The van der Waals surface area contributed by atoms with E-state index in [2.05, 4.69) is 15.2 Å². The second kappa shape index (κ2) is 9.25. The van der Waals surface area contributed by atoms with Gasteiger partial charge in [-0.05, 0) is 24.6 Å². The first kappa shape index (κ1) is 22.4. The second-order valence-corrected chi connectivity index (χ2v) is 7.04. The minimum atomic E-state index is -5.08. The molecule has 4 heterocycles. The summed E-state index contributed by atoms with van der Waals surface area (Å²) in [7, 11) is 0. The van der Waals surface area contributed by atoms with Gasteiger partial charge >= 0.3 is 12.1 Å². The van der Waals surface area contributed by atoms with Crippen molar-refractivity contribution >= 4 is 11.9 Å². The van der Waals surface area contributed by atoms with E-state index in [4.69, 9.17) is 19.4 Å². The predicted octanol–water partition coefficient (Wildman–Crippen LogP) is 1.96. The van der Waals surface area contributed by atoms with Crippen LogP contribution in [-0.2, 0) is 9.53 Å². The van der Waals surface area contributed by atoms with Gasteiger partial charge in [0.25, 0.3) is 5.91 Å². The molecule has 0 unspecified atom stereocenters. The Morgan fingerprint density at radius 2 is 2.00 bits per heavy atom. The molecule has 2 aromatic heterocycles. The third kappa shape index (κ3) is 5.87. The van der Waals surface area contributed by atoms with Gasteiger partial charge in [0.05, 0.1) is 42.9 Å². The van der Waals surface area contributed by atoms with Crippen molar-refractivity contribution in [1.82, 2.24) is 20.1 Å². The number of aromatic nitrogens is 3. The highest BCUT2D eigenvalue weighted by atomic mass is 19.4. The van der Waals surface area contributed by atoms with E-state index in [-0.39, 0.29) is 17.6 Å². The maximum atomic E-state index is 12.5. The minimum absolute atomic E-state index is 0.00755. The van der Waals surface area contributed by atoms with Crippen LogP contribution in [0.3, 0.4) is 0 Å². The van der Waals surface area contributed by atoms with E-state index >= 15 is 0 Å². The van der Waals surface area contributed by atoms with Crippen molar-refractivity contribution in [2.24, 2.45) is 0 Å². The highest BCUT2D eigenvalue weighted by Crippen LogP contribution is 2.37. The van der Waals surface area contributed by atoms with E-state index in [1.54, 1.807) is 18.5 Å². The van der Waals surface area contributed by atoms with Crippen molar-refractivity contribution in [3.8, 4) is 5.75 Å². The molecule has 2 fully saturated rings. The summed E-state index contributed by atoms with van der Waals surface area (Å²) in [6.45, 7) is 1.80. The highest BCUT2D eigenvalue weighted by Gasteiger charge is 2.47. The summed E-state index contributed by atoms with van der Waals surface area (Å²) >= 11 is 0. The van der Waals surface area contributed by atoms with Gasteiger partial charge in [-0.3, -0.25) is 9.78 Å². The van der Waals surface area contributed by atoms with Crippen LogP contribution in [0.1, 0.15) is 23.2 Å². The zero-order valence-corrected chi connectivity index (χ0v) is 16.2. The average molecular weight is 440 g/mol. The number of rotatable bonds is 3. The van der Waals surface area contributed by atoms with Gasteiger partial charge in [-0.1, -0.05) is 0 Å². The van der Waals surface area contributed by atoms with E-state index in [1.165, 1.54) is 12.4 Å². The number of carbonyl (C=O) groups excluding carboxylic acids is 1. The highest BCUT2D eigenvalue weighted by molar-refractivity contribution is 5.94. The number of amides is 1. The molecule has 1 N–H and O–H groups in total. The van der Waals surface area contributed by atoms with Gasteiger partial charge in [0.2, 0.25) is 0 Å². The Kier molecular flexibility index (Phi) is 6.68. The summed E-state index contributed by atoms with van der Waals surface area (Å²) in [5.74, 6) is -2.04. The zero-order valence-electron chi connectivity index (χ0n) is 16.2. The van der Waals surface area contributed by atoms with E-state index in [0.29, 0.717) is 25.3 Å². The predicted molar refractivity (Wildman–Crippen MR) is 98.2 cm³/mol. The SMILES string of the molecule is O=C(O)C(F)(F)F.O=C(c1ccnnc1)N1CC[C@]2(C[C@@H](Oc3cccnc3)CO2)C1. The summed E-state index contributed by atoms with van der Waals surface area (Å²) < 4.78 is 43.7. The smallest absolute Gasteiger partial charge is 0.486 e. The Morgan fingerprint density at radius 1 is 1.23 bits per heavy atom. The van der Waals surface area contributed by atoms with Crippen molar-refractivity contribution in [2.45, 2.75) is 30.7 Å². The van der Waals surface area contributed by atoms with Crippen LogP contribution in [0, 0.1) is 0 Å². The van der Waals surface area contributed by atoms with Crippen molar-refractivity contribution in [1.29, 1.82) is 0 Å². The van der Waals surface area contributed by atoms with E-state index in [0.717, 1.165) is 18.6 Å². The maximum Gasteiger partial charge on any atom is 0.490 e. The monoisotopic (exact) mass is 440 g/mol. The topological polar surface area (TPSA) is 115 Å². The third-order valence-corrected chi connectivity index (χ3v) is 4.79. The van der Waals surface area contributed by atoms with E-state index < -0.39 is 12.1 Å². The van der Waals surface area contributed by atoms with Crippen LogP contribution in [0.15, 0.2) is 43.0 Å². The van der Waals surface area contributed by atoms with Crippen molar-refractivity contribution in [3.05, 3.63) is 48.5 Å². The van der Waals surface area contributed by atoms with Crippen molar-refractivity contribution in [2.75, 3.05) is 19.7 Å². The van der Waals surface area contributed by atoms with Crippen LogP contribution in [0.5, 0.6) is 5.75 Å². The van der Waals surface area contributed by atoms with E-state index in [1.807, 2.05) is 17.0 Å². The van der Waals surface area contributed by atoms with Crippen LogP contribution in [0.25, 0.3) is 0 Å². The van der Waals surface area contributed by atoms with Crippen LogP contribution in [0.2, 0.25) is 0 Å². The lowest BCUT2D eigenvalue weighted by atomic mass is 9.98. The fourth-order valence-electron chi connectivity index (χ4n) is 3.39. The zero-order chi connectivity index (χ0) is 22.5. The lowest BCUT2D eigenvalue weighted by Gasteiger charge is -2.23. The molecule has 2 aliphatic heterocycles. The molecule has 12 heteroatoms. The molecule has 0 saturated carbocycles. The number of ether oxygens (including phenoxy) is 2. The summed E-state index contributed by atoms with van der Waals surface area (Å²) in [6, 6.07) is 5.42. The molecule has 4 rings (SSSR count). The molecule has 2 aliphatic rings. The molecule has 1 spiro atoms. The molecule has 2 atom stereocenters. The number of carbonyl (C=O) groups is 2. The van der Waals surface area contributed by atoms with Crippen LogP contribution >= 0.6 is 0 Å². The van der Waals surface area contributed by atoms with Gasteiger partial charge in [-0.15, -0.1) is 0 Å². The minimum Gasteiger partial charge on any atom is -0.486 e. The number of hydrogen-bond donors (Lipinski definition) is 1. The van der Waals surface area contributed by atoms with Gasteiger partial charge in [0.15, 0.2) is 0 Å². The number of hydrogen-bond acceptors (Lipinski definition) is 7. The summed E-state index contributed by atoms with van der Waals surface area (Å²) in [5, 5.41) is 14.6. The standard InChI is InChI=1S/C17H18N4O3.C2HF3O2/c22-16(13-3-6-19-20-9-13)21-7-4-17(12-21)8-15(11-23-17)24-14-2-1-5-18-10-14;3-2(4,5)1(6)7/h1-3,5-6,9-10,15H,4,7-8,11-12H2;(H,6,7)/t15-,17+;/m1./s1. The van der Waals surface area contributed by atoms with Gasteiger partial charge in [0.1, 0.15) is 11.9 Å². The lowest BCUT2D eigenvalue weighted by molar-refractivity contribution is -0.192. The molecule has 0 radical (unpaired) electrons. The first-order chi connectivity index (χ1) is 14.7. The maximum absolute atomic E-state index is 12.5. The van der Waals surface area contributed by atoms with Crippen molar-refractivity contribution < 1.29 is 37.3 Å². The third-order valence-electron chi connectivity index (χ3n) is 4.79. The van der Waals surface area contributed by atoms with Gasteiger partial charge in [0, 0.05) is 19.2 Å². The molecule has 2 aromatic rings. The van der Waals surface area contributed by atoms with Crippen LogP contribution < -0.4 is 4.74 Å². The molecule has 31 heavy (non-hydrogen) atoms. The van der Waals surface area contributed by atoms with Gasteiger partial charge < -0.3 is 19.5 Å². The first-order valence-corrected chi connectivity index (χ1v) is 9.25. The van der Waals surface area contributed by atoms with E-state index in [9.17, 15) is 18.0 Å². The quantitative estimate of drug-likeness (QED) is 0.770. The molecule has 2 saturated heterocycles. The van der Waals surface area contributed by atoms with Crippen LogP contribution in [-0.4, -0.2) is 74.6 Å². The first-order valence-electron chi connectivity index (χ1n) is 9.25. The number of aliphatic carboxylic acids is 1. The molecule has 166 valence electrons. The number of pyridine rings is 1. The Balaban J connectivity index is 0.000000339. The number of carboxylic acid groups (broad SMARTS) is 1. The fraction of sp³-hybridized carbons (Fsp3) is 0.421. The van der Waals surface area contributed by atoms with Crippen LogP contribution in [0.4, 0.5) is 13.2 Å². The largest absolute Gasteiger partial charge is 0.490 e. The fourth-order valence-corrected chi connectivity index (χ4v) is 3.39. The Hall–Kier alpha value is -3.28. The Bertz CT molecular complexity index is 900. The molecule has 9 nitrogen and oxygen atoms in total. The molecule has 0 aliphatic carbocycles. The van der Waals surface area contributed by atoms with Gasteiger partial charge in [-0.25, -0.2) is 4.79 Å². The number of likely N-dealkylation sites (tertiary alicyclic amines) is 1. The molecule has 0 bridgehead atoms. The summed E-state index contributed by atoms with van der Waals surface area (Å²) in [6.07, 6.45) is 2.96. The number of alkyl halides is 3. The number of halogens is 3. The number of carboxylic acids is 1. The second-order valence-electron chi connectivity index (χ2n) is 7.04. The average Bonchev–Trinajstić information content (AvgIpc) is 3.35. The molecular formula is C19H19F3N4O5. The molecule has 1 amide bonds. The van der Waals surface area contributed by atoms with Gasteiger partial charge in [-0.2, -0.15) is 23.4 Å². The Labute approximate surface area is 174 Å². The summed E-state index contributed by atoms with van der Waals surface area (Å²) in [5.41, 5.74) is 0.256. The lowest BCUT2D eigenvalue weighted by Crippen LogP contribution is -2.36. The Morgan fingerprint density at radius 3 is 2.61 bits per heavy atom. The summed E-state index contributed by atoms with van der Waals surface area (Å²) in [4.78, 5) is 27.3. The molecule has 0 aromatic carbocycles.